The van der Waals surface area contributed by atoms with Crippen molar-refractivity contribution in [3.8, 4) is 0 Å². The van der Waals surface area contributed by atoms with Gasteiger partial charge in [0.1, 0.15) is 0 Å². The van der Waals surface area contributed by atoms with Gasteiger partial charge < -0.3 is 10.2 Å². The maximum atomic E-state index is 12.6. The van der Waals surface area contributed by atoms with Gasteiger partial charge in [-0.05, 0) is 48.2 Å². The van der Waals surface area contributed by atoms with E-state index in [1.54, 1.807) is 6.20 Å². The van der Waals surface area contributed by atoms with Gasteiger partial charge in [0.05, 0.1) is 17.4 Å². The van der Waals surface area contributed by atoms with E-state index >= 15 is 0 Å². The summed E-state index contributed by atoms with van der Waals surface area (Å²) in [6.07, 6.45) is 5.60. The number of amides is 1. The summed E-state index contributed by atoms with van der Waals surface area (Å²) in [5, 5.41) is 3.63. The van der Waals surface area contributed by atoms with Gasteiger partial charge >= 0.3 is 0 Å². The first-order chi connectivity index (χ1) is 13.2. The van der Waals surface area contributed by atoms with Crippen LogP contribution >= 0.6 is 11.6 Å². The average Bonchev–Trinajstić information content (AvgIpc) is 2.73. The third-order valence-corrected chi connectivity index (χ3v) is 5.03. The van der Waals surface area contributed by atoms with Crippen LogP contribution < -0.4 is 10.2 Å². The van der Waals surface area contributed by atoms with Gasteiger partial charge in [-0.15, -0.1) is 0 Å². The van der Waals surface area contributed by atoms with Crippen molar-refractivity contribution in [3.05, 3.63) is 88.7 Å². The Labute approximate surface area is 163 Å². The monoisotopic (exact) mass is 377 g/mol. The van der Waals surface area contributed by atoms with Gasteiger partial charge in [-0.3, -0.25) is 9.78 Å². The molecule has 0 radical (unpaired) electrons. The molecule has 1 N–H and O–H groups in total. The largest absolute Gasteiger partial charge is 0.348 e. The summed E-state index contributed by atoms with van der Waals surface area (Å²) in [5.74, 6) is -0.135. The van der Waals surface area contributed by atoms with Crippen molar-refractivity contribution in [2.45, 2.75) is 19.4 Å². The molecule has 0 bridgehead atoms. The molecule has 136 valence electrons. The molecule has 0 atom stereocenters. The zero-order valence-corrected chi connectivity index (χ0v) is 15.6. The molecular formula is C22H20ClN3O. The van der Waals surface area contributed by atoms with Gasteiger partial charge in [0, 0.05) is 30.0 Å². The highest BCUT2D eigenvalue weighted by atomic mass is 35.5. The number of carbonyl (C=O) groups excluding carboxylic acids is 1. The lowest BCUT2D eigenvalue weighted by atomic mass is 10.0. The fourth-order valence-corrected chi connectivity index (χ4v) is 3.51. The second kappa shape index (κ2) is 7.80. The number of pyridine rings is 1. The van der Waals surface area contributed by atoms with E-state index in [4.69, 9.17) is 11.6 Å². The summed E-state index contributed by atoms with van der Waals surface area (Å²) >= 11 is 5.90. The van der Waals surface area contributed by atoms with Crippen molar-refractivity contribution in [3.63, 3.8) is 0 Å². The lowest BCUT2D eigenvalue weighted by Crippen LogP contribution is -2.26. The number of fused-ring (bicyclic) bond motifs is 1. The maximum absolute atomic E-state index is 12.6. The molecule has 2 heterocycles. The van der Waals surface area contributed by atoms with Gasteiger partial charge in [0.15, 0.2) is 0 Å². The number of benzene rings is 2. The Kier molecular flexibility index (Phi) is 5.07. The predicted octanol–water partition coefficient (Wildman–Crippen LogP) is 4.75. The number of anilines is 2. The Morgan fingerprint density at radius 3 is 2.78 bits per heavy atom. The van der Waals surface area contributed by atoms with Crippen LogP contribution in [0.2, 0.25) is 5.02 Å². The zero-order valence-electron chi connectivity index (χ0n) is 14.9. The van der Waals surface area contributed by atoms with Crippen LogP contribution in [0.3, 0.4) is 0 Å². The summed E-state index contributed by atoms with van der Waals surface area (Å²) in [7, 11) is 0. The van der Waals surface area contributed by atoms with E-state index in [9.17, 15) is 4.79 Å². The SMILES string of the molecule is O=C(NCc1ccc(Cl)cc1)c1cncc(N2CCCc3ccccc32)c1. The number of aryl methyl sites for hydroxylation is 1. The molecule has 0 saturated carbocycles. The van der Waals surface area contributed by atoms with Crippen LogP contribution in [0.1, 0.15) is 27.9 Å². The second-order valence-electron chi connectivity index (χ2n) is 6.62. The number of rotatable bonds is 4. The van der Waals surface area contributed by atoms with E-state index < -0.39 is 0 Å². The number of nitrogens with zero attached hydrogens (tertiary/aromatic N) is 2. The highest BCUT2D eigenvalue weighted by Gasteiger charge is 2.19. The molecule has 0 spiro atoms. The molecular weight excluding hydrogens is 358 g/mol. The van der Waals surface area contributed by atoms with E-state index in [0.717, 1.165) is 30.6 Å². The second-order valence-corrected chi connectivity index (χ2v) is 7.06. The van der Waals surface area contributed by atoms with E-state index in [0.29, 0.717) is 17.1 Å². The van der Waals surface area contributed by atoms with Crippen molar-refractivity contribution in [2.24, 2.45) is 0 Å². The fraction of sp³-hybridized carbons (Fsp3) is 0.182. The van der Waals surface area contributed by atoms with Gasteiger partial charge in [-0.1, -0.05) is 41.9 Å². The molecule has 4 rings (SSSR count). The third-order valence-electron chi connectivity index (χ3n) is 4.77. The highest BCUT2D eigenvalue weighted by molar-refractivity contribution is 6.30. The Morgan fingerprint density at radius 1 is 1.11 bits per heavy atom. The minimum atomic E-state index is -0.135. The van der Waals surface area contributed by atoms with Crippen molar-refractivity contribution >= 4 is 28.9 Å². The van der Waals surface area contributed by atoms with E-state index in [2.05, 4.69) is 33.4 Å². The first-order valence-corrected chi connectivity index (χ1v) is 9.41. The Bertz CT molecular complexity index is 956. The molecule has 4 nitrogen and oxygen atoms in total. The smallest absolute Gasteiger partial charge is 0.253 e. The van der Waals surface area contributed by atoms with E-state index in [1.807, 2.05) is 42.6 Å². The standard InChI is InChI=1S/C22H20ClN3O/c23-19-9-7-16(8-10-19)13-25-22(27)18-12-20(15-24-14-18)26-11-3-5-17-4-1-2-6-21(17)26/h1-2,4,6-10,12,14-15H,3,5,11,13H2,(H,25,27). The molecule has 0 saturated heterocycles. The van der Waals surface area contributed by atoms with Crippen LogP contribution in [0.5, 0.6) is 0 Å². The topological polar surface area (TPSA) is 45.2 Å². The Morgan fingerprint density at radius 2 is 1.93 bits per heavy atom. The van der Waals surface area contributed by atoms with Crippen molar-refractivity contribution in [2.75, 3.05) is 11.4 Å². The molecule has 5 heteroatoms. The van der Waals surface area contributed by atoms with Gasteiger partial charge in [0.2, 0.25) is 0 Å². The summed E-state index contributed by atoms with van der Waals surface area (Å²) in [6, 6.07) is 17.8. The summed E-state index contributed by atoms with van der Waals surface area (Å²) < 4.78 is 0. The lowest BCUT2D eigenvalue weighted by Gasteiger charge is -2.31. The summed E-state index contributed by atoms with van der Waals surface area (Å²) in [5.41, 5.74) is 5.04. The first kappa shape index (κ1) is 17.6. The molecule has 0 unspecified atom stereocenters. The van der Waals surface area contributed by atoms with Gasteiger partial charge in [-0.2, -0.15) is 0 Å². The molecule has 27 heavy (non-hydrogen) atoms. The number of hydrogen-bond acceptors (Lipinski definition) is 3. The molecule has 1 aliphatic heterocycles. The van der Waals surface area contributed by atoms with Gasteiger partial charge in [-0.25, -0.2) is 0 Å². The van der Waals surface area contributed by atoms with Crippen LogP contribution in [-0.4, -0.2) is 17.4 Å². The third kappa shape index (κ3) is 3.96. The summed E-state index contributed by atoms with van der Waals surface area (Å²) in [6.45, 7) is 1.38. The minimum Gasteiger partial charge on any atom is -0.348 e. The average molecular weight is 378 g/mol. The highest BCUT2D eigenvalue weighted by Crippen LogP contribution is 2.33. The normalized spacial score (nSPS) is 13.1. The van der Waals surface area contributed by atoms with Crippen LogP contribution in [0.4, 0.5) is 11.4 Å². The first-order valence-electron chi connectivity index (χ1n) is 9.04. The number of carbonyl (C=O) groups is 1. The number of para-hydroxylation sites is 1. The number of hydrogen-bond donors (Lipinski definition) is 1. The molecule has 3 aromatic rings. The lowest BCUT2D eigenvalue weighted by molar-refractivity contribution is 0.0950. The quantitative estimate of drug-likeness (QED) is 0.713. The molecule has 0 aliphatic carbocycles. The fourth-order valence-electron chi connectivity index (χ4n) is 3.39. The van der Waals surface area contributed by atoms with Crippen molar-refractivity contribution < 1.29 is 4.79 Å². The molecule has 1 aromatic heterocycles. The molecule has 2 aromatic carbocycles. The van der Waals surface area contributed by atoms with Gasteiger partial charge in [0.25, 0.3) is 5.91 Å². The molecule has 1 aliphatic rings. The summed E-state index contributed by atoms with van der Waals surface area (Å²) in [4.78, 5) is 19.1. The van der Waals surface area contributed by atoms with Crippen LogP contribution in [-0.2, 0) is 13.0 Å². The molecule has 1 amide bonds. The minimum absolute atomic E-state index is 0.135. The number of aromatic nitrogens is 1. The maximum Gasteiger partial charge on any atom is 0.253 e. The Hall–Kier alpha value is -2.85. The van der Waals surface area contributed by atoms with E-state index in [1.165, 1.54) is 11.3 Å². The molecule has 0 fully saturated rings. The van der Waals surface area contributed by atoms with Crippen LogP contribution in [0.15, 0.2) is 67.0 Å². The van der Waals surface area contributed by atoms with Crippen molar-refractivity contribution in [1.29, 1.82) is 0 Å². The Balaban J connectivity index is 1.51. The van der Waals surface area contributed by atoms with Crippen LogP contribution in [0, 0.1) is 0 Å². The predicted molar refractivity (Wildman–Crippen MR) is 109 cm³/mol. The van der Waals surface area contributed by atoms with Crippen molar-refractivity contribution in [1.82, 2.24) is 10.3 Å². The van der Waals surface area contributed by atoms with Crippen LogP contribution in [0.25, 0.3) is 0 Å². The zero-order chi connectivity index (χ0) is 18.6. The number of nitrogens with one attached hydrogen (secondary N) is 1. The number of halogens is 1. The van der Waals surface area contributed by atoms with E-state index in [-0.39, 0.29) is 5.91 Å².